The van der Waals surface area contributed by atoms with E-state index in [1.54, 1.807) is 12.1 Å². The van der Waals surface area contributed by atoms with Gasteiger partial charge in [-0.15, -0.1) is 0 Å². The molecule has 0 aromatic heterocycles. The molecule has 0 radical (unpaired) electrons. The molecule has 1 atom stereocenters. The normalized spacial score (nSPS) is 12.8. The fourth-order valence-electron chi connectivity index (χ4n) is 1.49. The van der Waals surface area contributed by atoms with Gasteiger partial charge < -0.3 is 10.8 Å². The van der Waals surface area contributed by atoms with Crippen molar-refractivity contribution in [2.75, 3.05) is 6.54 Å². The number of nitrogens with two attached hydrogens (primary N) is 1. The number of aromatic hydroxyl groups is 1. The highest BCUT2D eigenvalue weighted by Gasteiger charge is 2.10. The van der Waals surface area contributed by atoms with Crippen LogP contribution >= 0.6 is 0 Å². The van der Waals surface area contributed by atoms with Crippen molar-refractivity contribution in [1.29, 1.82) is 0 Å². The fourth-order valence-corrected chi connectivity index (χ4v) is 1.49. The van der Waals surface area contributed by atoms with Crippen LogP contribution in [0.4, 0.5) is 4.39 Å². The first-order chi connectivity index (χ1) is 6.69. The molecule has 2 nitrogen and oxygen atoms in total. The Morgan fingerprint density at radius 1 is 1.50 bits per heavy atom. The van der Waals surface area contributed by atoms with E-state index in [1.807, 2.05) is 6.92 Å². The third-order valence-electron chi connectivity index (χ3n) is 2.38. The Hall–Kier alpha value is -1.09. The number of halogens is 1. The summed E-state index contributed by atoms with van der Waals surface area (Å²) in [6.45, 7) is 2.05. The summed E-state index contributed by atoms with van der Waals surface area (Å²) in [5, 5.41) is 9.56. The highest BCUT2D eigenvalue weighted by atomic mass is 19.1. The predicted octanol–water partition coefficient (Wildman–Crippen LogP) is 2.31. The molecule has 3 N–H and O–H groups in total. The van der Waals surface area contributed by atoms with E-state index >= 15 is 0 Å². The molecular formula is C11H16FNO. The highest BCUT2D eigenvalue weighted by molar-refractivity contribution is 5.38. The molecule has 3 heteroatoms. The van der Waals surface area contributed by atoms with Crippen molar-refractivity contribution >= 4 is 0 Å². The number of phenolic OH excluding ortho intramolecular Hbond substituents is 1. The molecular weight excluding hydrogens is 181 g/mol. The van der Waals surface area contributed by atoms with Crippen LogP contribution in [0.3, 0.4) is 0 Å². The van der Waals surface area contributed by atoms with Gasteiger partial charge in [0.25, 0.3) is 0 Å². The molecule has 1 aromatic carbocycles. The van der Waals surface area contributed by atoms with Gasteiger partial charge in [0.1, 0.15) is 12.4 Å². The third kappa shape index (κ3) is 2.45. The molecule has 0 heterocycles. The lowest BCUT2D eigenvalue weighted by Crippen LogP contribution is -2.05. The van der Waals surface area contributed by atoms with E-state index in [9.17, 15) is 9.50 Å². The first kappa shape index (κ1) is 11.0. The molecule has 0 saturated carbocycles. The van der Waals surface area contributed by atoms with Gasteiger partial charge in [-0.1, -0.05) is 13.0 Å². The second kappa shape index (κ2) is 4.96. The van der Waals surface area contributed by atoms with Gasteiger partial charge in [0, 0.05) is 0 Å². The first-order valence-electron chi connectivity index (χ1n) is 4.76. The Bertz CT molecular complexity index is 301. The van der Waals surface area contributed by atoms with Gasteiger partial charge in [0.15, 0.2) is 0 Å². The third-order valence-corrected chi connectivity index (χ3v) is 2.38. The zero-order valence-corrected chi connectivity index (χ0v) is 8.33. The molecule has 0 saturated heterocycles. The highest BCUT2D eigenvalue weighted by Crippen LogP contribution is 2.28. The summed E-state index contributed by atoms with van der Waals surface area (Å²) in [4.78, 5) is 0. The number of benzene rings is 1. The Kier molecular flexibility index (Phi) is 3.89. The summed E-state index contributed by atoms with van der Waals surface area (Å²) in [7, 11) is 0. The maximum absolute atomic E-state index is 12.4. The largest absolute Gasteiger partial charge is 0.508 e. The van der Waals surface area contributed by atoms with E-state index in [2.05, 4.69) is 0 Å². The zero-order chi connectivity index (χ0) is 10.6. The minimum Gasteiger partial charge on any atom is -0.508 e. The average Bonchev–Trinajstić information content (AvgIpc) is 2.19. The van der Waals surface area contributed by atoms with Gasteiger partial charge in [0.05, 0.1) is 0 Å². The SMILES string of the molecule is CC(CCN)c1cc(CF)ccc1O. The number of alkyl halides is 1. The van der Waals surface area contributed by atoms with E-state index in [-0.39, 0.29) is 11.7 Å². The molecule has 1 rings (SSSR count). The summed E-state index contributed by atoms with van der Waals surface area (Å²) < 4.78 is 12.4. The van der Waals surface area contributed by atoms with E-state index in [1.165, 1.54) is 6.07 Å². The Balaban J connectivity index is 2.93. The fraction of sp³-hybridized carbons (Fsp3) is 0.455. The van der Waals surface area contributed by atoms with Crippen LogP contribution in [0, 0.1) is 0 Å². The second-order valence-corrected chi connectivity index (χ2v) is 3.51. The predicted molar refractivity (Wildman–Crippen MR) is 55.0 cm³/mol. The van der Waals surface area contributed by atoms with Crippen molar-refractivity contribution in [3.63, 3.8) is 0 Å². The molecule has 78 valence electrons. The Labute approximate surface area is 83.6 Å². The van der Waals surface area contributed by atoms with Crippen LogP contribution in [0.15, 0.2) is 18.2 Å². The van der Waals surface area contributed by atoms with Crippen molar-refractivity contribution < 1.29 is 9.50 Å². The van der Waals surface area contributed by atoms with Crippen molar-refractivity contribution in [2.24, 2.45) is 5.73 Å². The average molecular weight is 197 g/mol. The summed E-state index contributed by atoms with van der Waals surface area (Å²) in [5.41, 5.74) is 6.81. The molecule has 0 aliphatic heterocycles. The van der Waals surface area contributed by atoms with Gasteiger partial charge in [-0.05, 0) is 42.1 Å². The van der Waals surface area contributed by atoms with Crippen LogP contribution in [-0.2, 0) is 6.67 Å². The van der Waals surface area contributed by atoms with Crippen LogP contribution in [0.2, 0.25) is 0 Å². The lowest BCUT2D eigenvalue weighted by Gasteiger charge is -2.13. The molecule has 0 aliphatic carbocycles. The molecule has 0 amide bonds. The topological polar surface area (TPSA) is 46.2 Å². The van der Waals surface area contributed by atoms with E-state index in [4.69, 9.17) is 5.73 Å². The molecule has 0 fully saturated rings. The first-order valence-corrected chi connectivity index (χ1v) is 4.76. The van der Waals surface area contributed by atoms with E-state index < -0.39 is 6.67 Å². The molecule has 14 heavy (non-hydrogen) atoms. The number of rotatable bonds is 4. The quantitative estimate of drug-likeness (QED) is 0.778. The van der Waals surface area contributed by atoms with Crippen LogP contribution in [0.1, 0.15) is 30.4 Å². The Morgan fingerprint density at radius 2 is 2.21 bits per heavy atom. The minimum absolute atomic E-state index is 0.173. The standard InChI is InChI=1S/C11H16FNO/c1-8(4-5-13)10-6-9(7-12)2-3-11(10)14/h2-3,6,8,14H,4-5,7,13H2,1H3. The van der Waals surface area contributed by atoms with Crippen molar-refractivity contribution in [3.8, 4) is 5.75 Å². The van der Waals surface area contributed by atoms with Gasteiger partial charge in [-0.2, -0.15) is 0 Å². The summed E-state index contributed by atoms with van der Waals surface area (Å²) in [5.74, 6) is 0.398. The molecule has 1 unspecified atom stereocenters. The lowest BCUT2D eigenvalue weighted by molar-refractivity contribution is 0.456. The molecule has 0 bridgehead atoms. The van der Waals surface area contributed by atoms with E-state index in [0.717, 1.165) is 12.0 Å². The van der Waals surface area contributed by atoms with Crippen molar-refractivity contribution in [2.45, 2.75) is 25.9 Å². The van der Waals surface area contributed by atoms with Gasteiger partial charge in [-0.25, -0.2) is 4.39 Å². The molecule has 1 aromatic rings. The summed E-state index contributed by atoms with van der Waals surface area (Å²) >= 11 is 0. The van der Waals surface area contributed by atoms with E-state index in [0.29, 0.717) is 12.1 Å². The number of hydrogen-bond acceptors (Lipinski definition) is 2. The number of hydrogen-bond donors (Lipinski definition) is 2. The lowest BCUT2D eigenvalue weighted by atomic mass is 9.95. The van der Waals surface area contributed by atoms with Crippen LogP contribution in [-0.4, -0.2) is 11.7 Å². The molecule has 0 spiro atoms. The maximum atomic E-state index is 12.4. The zero-order valence-electron chi connectivity index (χ0n) is 8.33. The van der Waals surface area contributed by atoms with Gasteiger partial charge >= 0.3 is 0 Å². The van der Waals surface area contributed by atoms with Crippen LogP contribution in [0.25, 0.3) is 0 Å². The second-order valence-electron chi connectivity index (χ2n) is 3.51. The van der Waals surface area contributed by atoms with Gasteiger partial charge in [0.2, 0.25) is 0 Å². The van der Waals surface area contributed by atoms with Crippen molar-refractivity contribution in [3.05, 3.63) is 29.3 Å². The van der Waals surface area contributed by atoms with Crippen LogP contribution in [0.5, 0.6) is 5.75 Å². The van der Waals surface area contributed by atoms with Gasteiger partial charge in [-0.3, -0.25) is 0 Å². The number of phenols is 1. The maximum Gasteiger partial charge on any atom is 0.119 e. The summed E-state index contributed by atoms with van der Waals surface area (Å²) in [6.07, 6.45) is 0.795. The molecule has 0 aliphatic rings. The minimum atomic E-state index is -0.497. The van der Waals surface area contributed by atoms with Crippen LogP contribution < -0.4 is 5.73 Å². The smallest absolute Gasteiger partial charge is 0.119 e. The monoisotopic (exact) mass is 197 g/mol. The Morgan fingerprint density at radius 3 is 2.79 bits per heavy atom. The summed E-state index contributed by atoms with van der Waals surface area (Å²) in [6, 6.07) is 4.83. The van der Waals surface area contributed by atoms with Crippen molar-refractivity contribution in [1.82, 2.24) is 0 Å².